The van der Waals surface area contributed by atoms with Gasteiger partial charge >= 0.3 is 11.6 Å². The van der Waals surface area contributed by atoms with Crippen molar-refractivity contribution >= 4 is 41.2 Å². The molecule has 0 bridgehead atoms. The number of imide groups is 1. The highest BCUT2D eigenvalue weighted by atomic mass is 32.2. The van der Waals surface area contributed by atoms with Gasteiger partial charge in [-0.3, -0.25) is 14.9 Å². The van der Waals surface area contributed by atoms with Crippen molar-refractivity contribution in [2.45, 2.75) is 30.7 Å². The van der Waals surface area contributed by atoms with E-state index in [0.717, 1.165) is 4.90 Å². The molecule has 0 aliphatic carbocycles. The Labute approximate surface area is 215 Å². The molecular weight excluding hydrogens is 507 g/mol. The van der Waals surface area contributed by atoms with Gasteiger partial charge in [0.05, 0.1) is 17.0 Å². The molecule has 1 saturated heterocycles. The number of carbonyl (C=O) groups excluding carboxylic acids is 3. The first-order valence-electron chi connectivity index (χ1n) is 11.2. The summed E-state index contributed by atoms with van der Waals surface area (Å²) in [4.78, 5) is 43.8. The van der Waals surface area contributed by atoms with E-state index in [9.17, 15) is 27.6 Å². The SMILES string of the molecule is CC1(C)C(=O)N(c2ccc(SC(F)(F)F)cc2)C(=O)C1Cc1ccnc(NC(=O)Oc2ccccc2)c1. The zero-order valence-corrected chi connectivity index (χ0v) is 20.6. The number of hydrogen-bond acceptors (Lipinski definition) is 6. The average molecular weight is 530 g/mol. The van der Waals surface area contributed by atoms with Gasteiger partial charge in [-0.15, -0.1) is 0 Å². The summed E-state index contributed by atoms with van der Waals surface area (Å²) in [5, 5.41) is 2.54. The molecule has 192 valence electrons. The maximum atomic E-state index is 13.3. The van der Waals surface area contributed by atoms with Crippen molar-refractivity contribution in [3.8, 4) is 5.75 Å². The number of pyridine rings is 1. The third-order valence-corrected chi connectivity index (χ3v) is 6.66. The molecule has 4 rings (SSSR count). The number of nitrogens with one attached hydrogen (secondary N) is 1. The highest BCUT2D eigenvalue weighted by Crippen LogP contribution is 2.43. The quantitative estimate of drug-likeness (QED) is 0.308. The molecule has 1 unspecified atom stereocenters. The molecule has 2 aromatic carbocycles. The minimum absolute atomic E-state index is 0.0474. The molecule has 1 atom stereocenters. The Balaban J connectivity index is 1.48. The second-order valence-electron chi connectivity index (χ2n) is 8.88. The second-order valence-corrected chi connectivity index (χ2v) is 10.0. The fourth-order valence-corrected chi connectivity index (χ4v) is 4.56. The second kappa shape index (κ2) is 10.3. The summed E-state index contributed by atoms with van der Waals surface area (Å²) in [7, 11) is 0. The molecule has 1 aromatic heterocycles. The minimum Gasteiger partial charge on any atom is -0.410 e. The summed E-state index contributed by atoms with van der Waals surface area (Å²) in [6.07, 6.45) is 0.916. The first kappa shape index (κ1) is 26.2. The van der Waals surface area contributed by atoms with Crippen molar-refractivity contribution in [1.82, 2.24) is 4.98 Å². The van der Waals surface area contributed by atoms with Gasteiger partial charge in [-0.1, -0.05) is 32.0 Å². The van der Waals surface area contributed by atoms with Crippen molar-refractivity contribution in [3.05, 3.63) is 78.5 Å². The van der Waals surface area contributed by atoms with Crippen LogP contribution < -0.4 is 15.0 Å². The predicted molar refractivity (Wildman–Crippen MR) is 132 cm³/mol. The fraction of sp³-hybridized carbons (Fsp3) is 0.231. The Bertz CT molecular complexity index is 1310. The number of aromatic nitrogens is 1. The van der Waals surface area contributed by atoms with Gasteiger partial charge in [0, 0.05) is 11.1 Å². The molecule has 2 heterocycles. The maximum Gasteiger partial charge on any atom is 0.446 e. The Kier molecular flexibility index (Phi) is 7.26. The van der Waals surface area contributed by atoms with Crippen LogP contribution >= 0.6 is 11.8 Å². The van der Waals surface area contributed by atoms with Crippen LogP contribution in [0.4, 0.5) is 29.5 Å². The standard InChI is InChI=1S/C26H22F3N3O4S/c1-25(2)20(22(33)32(23(25)34)17-8-10-19(11-9-17)37-26(27,28)29)14-16-12-13-30-21(15-16)31-24(35)36-18-6-4-3-5-7-18/h3-13,15,20H,14H2,1-2H3,(H,30,31,35). The molecule has 37 heavy (non-hydrogen) atoms. The Morgan fingerprint density at radius 3 is 2.41 bits per heavy atom. The number of thioether (sulfide) groups is 1. The number of ether oxygens (including phenoxy) is 1. The molecular formula is C26H22F3N3O4S. The van der Waals surface area contributed by atoms with E-state index in [4.69, 9.17) is 4.74 Å². The van der Waals surface area contributed by atoms with Gasteiger partial charge < -0.3 is 4.74 Å². The third kappa shape index (κ3) is 6.11. The molecule has 1 aliphatic heterocycles. The lowest BCUT2D eigenvalue weighted by Gasteiger charge is -2.22. The highest BCUT2D eigenvalue weighted by molar-refractivity contribution is 8.00. The van der Waals surface area contributed by atoms with Crippen LogP contribution in [-0.2, 0) is 16.0 Å². The molecule has 3 aromatic rings. The van der Waals surface area contributed by atoms with Crippen LogP contribution in [0.2, 0.25) is 0 Å². The number of anilines is 2. The van der Waals surface area contributed by atoms with Crippen molar-refractivity contribution in [2.24, 2.45) is 11.3 Å². The van der Waals surface area contributed by atoms with Gasteiger partial charge in [-0.05, 0) is 72.3 Å². The van der Waals surface area contributed by atoms with Gasteiger partial charge in [0.2, 0.25) is 11.8 Å². The van der Waals surface area contributed by atoms with E-state index in [1.54, 1.807) is 56.3 Å². The number of nitrogens with zero attached hydrogens (tertiary/aromatic N) is 2. The molecule has 0 saturated carbocycles. The van der Waals surface area contributed by atoms with Crippen molar-refractivity contribution in [2.75, 3.05) is 10.2 Å². The van der Waals surface area contributed by atoms with E-state index in [1.807, 2.05) is 0 Å². The fourth-order valence-electron chi connectivity index (χ4n) is 4.02. The number of para-hydroxylation sites is 1. The van der Waals surface area contributed by atoms with E-state index in [-0.39, 0.29) is 34.6 Å². The molecule has 7 nitrogen and oxygen atoms in total. The van der Waals surface area contributed by atoms with Crippen molar-refractivity contribution < 1.29 is 32.3 Å². The Hall–Kier alpha value is -3.86. The average Bonchev–Trinajstić information content (AvgIpc) is 2.99. The van der Waals surface area contributed by atoms with Gasteiger partial charge in [0.15, 0.2) is 0 Å². The summed E-state index contributed by atoms with van der Waals surface area (Å²) < 4.78 is 43.1. The number of benzene rings is 2. The van der Waals surface area contributed by atoms with E-state index in [0.29, 0.717) is 11.3 Å². The van der Waals surface area contributed by atoms with Gasteiger partial charge in [0.25, 0.3) is 0 Å². The summed E-state index contributed by atoms with van der Waals surface area (Å²) in [5.74, 6) is -1.07. The summed E-state index contributed by atoms with van der Waals surface area (Å²) in [5.41, 5.74) is -4.65. The van der Waals surface area contributed by atoms with Crippen LogP contribution in [0.1, 0.15) is 19.4 Å². The lowest BCUT2D eigenvalue weighted by Crippen LogP contribution is -2.32. The van der Waals surface area contributed by atoms with E-state index >= 15 is 0 Å². The zero-order chi connectivity index (χ0) is 26.8. The first-order chi connectivity index (χ1) is 17.4. The molecule has 1 N–H and O–H groups in total. The molecule has 0 spiro atoms. The lowest BCUT2D eigenvalue weighted by molar-refractivity contribution is -0.125. The van der Waals surface area contributed by atoms with Crippen LogP contribution in [0, 0.1) is 11.3 Å². The zero-order valence-electron chi connectivity index (χ0n) is 19.8. The highest BCUT2D eigenvalue weighted by Gasteiger charge is 2.53. The van der Waals surface area contributed by atoms with Gasteiger partial charge in [-0.2, -0.15) is 13.2 Å². The Morgan fingerprint density at radius 2 is 1.76 bits per heavy atom. The molecule has 0 radical (unpaired) electrons. The smallest absolute Gasteiger partial charge is 0.410 e. The predicted octanol–water partition coefficient (Wildman–Crippen LogP) is 6.06. The van der Waals surface area contributed by atoms with Gasteiger partial charge in [-0.25, -0.2) is 14.7 Å². The van der Waals surface area contributed by atoms with Crippen molar-refractivity contribution in [1.29, 1.82) is 0 Å². The largest absolute Gasteiger partial charge is 0.446 e. The maximum absolute atomic E-state index is 13.3. The van der Waals surface area contributed by atoms with Crippen molar-refractivity contribution in [3.63, 3.8) is 0 Å². The molecule has 11 heteroatoms. The van der Waals surface area contributed by atoms with Crippen LogP contribution in [-0.4, -0.2) is 28.4 Å². The normalized spacial score (nSPS) is 17.1. The summed E-state index contributed by atoms with van der Waals surface area (Å²) in [6, 6.07) is 16.9. The number of hydrogen-bond donors (Lipinski definition) is 1. The first-order valence-corrected chi connectivity index (χ1v) is 12.0. The lowest BCUT2D eigenvalue weighted by atomic mass is 9.78. The van der Waals surface area contributed by atoms with Crippen LogP contribution in [0.25, 0.3) is 0 Å². The number of alkyl halides is 3. The number of rotatable bonds is 6. The van der Waals surface area contributed by atoms with E-state index < -0.39 is 34.7 Å². The number of halogens is 3. The third-order valence-electron chi connectivity index (χ3n) is 5.92. The molecule has 1 aliphatic rings. The minimum atomic E-state index is -4.44. The topological polar surface area (TPSA) is 88.6 Å². The summed E-state index contributed by atoms with van der Waals surface area (Å²) in [6.45, 7) is 3.31. The van der Waals surface area contributed by atoms with E-state index in [2.05, 4.69) is 10.3 Å². The van der Waals surface area contributed by atoms with Crippen LogP contribution in [0.5, 0.6) is 5.75 Å². The molecule has 1 fully saturated rings. The Morgan fingerprint density at radius 1 is 1.08 bits per heavy atom. The molecule has 3 amide bonds. The van der Waals surface area contributed by atoms with Crippen LogP contribution in [0.3, 0.4) is 0 Å². The number of amides is 3. The number of carbonyl (C=O) groups is 3. The van der Waals surface area contributed by atoms with Gasteiger partial charge in [0.1, 0.15) is 11.6 Å². The monoisotopic (exact) mass is 529 g/mol. The summed E-state index contributed by atoms with van der Waals surface area (Å²) >= 11 is -0.272. The van der Waals surface area contributed by atoms with Crippen LogP contribution in [0.15, 0.2) is 77.8 Å². The van der Waals surface area contributed by atoms with E-state index in [1.165, 1.54) is 30.5 Å².